The van der Waals surface area contributed by atoms with Gasteiger partial charge in [-0.05, 0) is 42.8 Å². The van der Waals surface area contributed by atoms with Gasteiger partial charge in [-0.1, -0.05) is 17.8 Å². The molecule has 7 nitrogen and oxygen atoms in total. The minimum Gasteiger partial charge on any atom is -0.497 e. The normalized spacial score (nSPS) is 10.5. The van der Waals surface area contributed by atoms with Crippen LogP contribution in [0.15, 0.2) is 52.1 Å². The van der Waals surface area contributed by atoms with Crippen LogP contribution < -0.4 is 14.2 Å². The van der Waals surface area contributed by atoms with Gasteiger partial charge < -0.3 is 18.6 Å². The molecule has 0 fully saturated rings. The molecule has 0 N–H and O–H groups in total. The molecule has 0 saturated carbocycles. The van der Waals surface area contributed by atoms with Crippen LogP contribution in [0.5, 0.6) is 17.2 Å². The Labute approximate surface area is 167 Å². The van der Waals surface area contributed by atoms with Crippen molar-refractivity contribution >= 4 is 18.0 Å². The summed E-state index contributed by atoms with van der Waals surface area (Å²) in [6.07, 6.45) is 1.49. The zero-order chi connectivity index (χ0) is 19.8. The summed E-state index contributed by atoms with van der Waals surface area (Å²) in [7, 11) is 3.16. The Morgan fingerprint density at radius 2 is 1.89 bits per heavy atom. The van der Waals surface area contributed by atoms with E-state index >= 15 is 0 Å². The maximum Gasteiger partial charge on any atom is 0.276 e. The molecule has 0 bridgehead atoms. The van der Waals surface area contributed by atoms with Gasteiger partial charge >= 0.3 is 0 Å². The summed E-state index contributed by atoms with van der Waals surface area (Å²) in [6.45, 7) is 0.438. The Morgan fingerprint density at radius 1 is 1.07 bits per heavy atom. The second-order valence-corrected chi connectivity index (χ2v) is 6.69. The van der Waals surface area contributed by atoms with E-state index in [9.17, 15) is 4.79 Å². The molecular formula is C20H20N2O5S. The first-order valence-corrected chi connectivity index (χ1v) is 9.59. The lowest BCUT2D eigenvalue weighted by atomic mass is 10.2. The van der Waals surface area contributed by atoms with Crippen molar-refractivity contribution in [2.75, 3.05) is 26.6 Å². The lowest BCUT2D eigenvalue weighted by molar-refractivity contribution is 0.111. The summed E-state index contributed by atoms with van der Waals surface area (Å²) < 4.78 is 21.8. The van der Waals surface area contributed by atoms with Gasteiger partial charge in [0.15, 0.2) is 17.8 Å². The van der Waals surface area contributed by atoms with Gasteiger partial charge in [-0.25, -0.2) is 0 Å². The number of nitrogens with zero attached hydrogens (tertiary/aromatic N) is 2. The molecule has 0 unspecified atom stereocenters. The summed E-state index contributed by atoms with van der Waals surface area (Å²) in [6, 6.07) is 12.6. The molecule has 0 amide bonds. The first kappa shape index (κ1) is 19.8. The number of carbonyl (C=O) groups excluding carboxylic acids is 1. The van der Waals surface area contributed by atoms with E-state index < -0.39 is 0 Å². The van der Waals surface area contributed by atoms with E-state index in [1.165, 1.54) is 11.8 Å². The summed E-state index contributed by atoms with van der Waals surface area (Å²) in [5.74, 6) is 2.97. The van der Waals surface area contributed by atoms with Crippen LogP contribution in [0.25, 0.3) is 11.5 Å². The molecule has 1 aromatic heterocycles. The minimum atomic E-state index is 0.438. The van der Waals surface area contributed by atoms with Gasteiger partial charge in [-0.2, -0.15) is 0 Å². The number of para-hydroxylation sites is 1. The van der Waals surface area contributed by atoms with Crippen LogP contribution in [-0.2, 0) is 0 Å². The second-order valence-electron chi connectivity index (χ2n) is 5.65. The van der Waals surface area contributed by atoms with Crippen LogP contribution in [0.1, 0.15) is 16.8 Å². The predicted molar refractivity (Wildman–Crippen MR) is 106 cm³/mol. The SMILES string of the molecule is COc1ccc(-c2nnc(SCCCOc3c(C=O)cccc3OC)o2)cc1. The maximum absolute atomic E-state index is 11.2. The average Bonchev–Trinajstić information content (AvgIpc) is 3.22. The first-order valence-electron chi connectivity index (χ1n) is 8.61. The quantitative estimate of drug-likeness (QED) is 0.285. The van der Waals surface area contributed by atoms with Gasteiger partial charge in [0.1, 0.15) is 5.75 Å². The van der Waals surface area contributed by atoms with E-state index in [-0.39, 0.29) is 0 Å². The summed E-state index contributed by atoms with van der Waals surface area (Å²) >= 11 is 1.45. The van der Waals surface area contributed by atoms with Crippen molar-refractivity contribution in [2.24, 2.45) is 0 Å². The average molecular weight is 400 g/mol. The number of rotatable bonds is 10. The summed E-state index contributed by atoms with van der Waals surface area (Å²) in [5.41, 5.74) is 1.30. The number of aldehydes is 1. The van der Waals surface area contributed by atoms with E-state index in [4.69, 9.17) is 18.6 Å². The molecular weight excluding hydrogens is 380 g/mol. The molecule has 8 heteroatoms. The fourth-order valence-electron chi connectivity index (χ4n) is 2.45. The number of hydrogen-bond donors (Lipinski definition) is 0. The molecule has 1 heterocycles. The number of benzene rings is 2. The molecule has 0 saturated heterocycles. The molecule has 0 radical (unpaired) electrons. The van der Waals surface area contributed by atoms with Crippen molar-refractivity contribution in [3.05, 3.63) is 48.0 Å². The first-order chi connectivity index (χ1) is 13.7. The molecule has 0 aliphatic carbocycles. The van der Waals surface area contributed by atoms with Crippen molar-refractivity contribution in [1.29, 1.82) is 0 Å². The van der Waals surface area contributed by atoms with Crippen LogP contribution >= 0.6 is 11.8 Å². The van der Waals surface area contributed by atoms with Gasteiger partial charge in [0.2, 0.25) is 5.89 Å². The van der Waals surface area contributed by atoms with E-state index in [2.05, 4.69) is 10.2 Å². The molecule has 146 valence electrons. The number of methoxy groups -OCH3 is 2. The molecule has 3 rings (SSSR count). The molecule has 0 aliphatic rings. The van der Waals surface area contributed by atoms with E-state index in [0.717, 1.165) is 29.8 Å². The van der Waals surface area contributed by atoms with Gasteiger partial charge in [-0.3, -0.25) is 4.79 Å². The summed E-state index contributed by atoms with van der Waals surface area (Å²) in [4.78, 5) is 11.2. The van der Waals surface area contributed by atoms with Crippen LogP contribution in [0, 0.1) is 0 Å². The molecule has 0 aliphatic heterocycles. The van der Waals surface area contributed by atoms with E-state index in [1.807, 2.05) is 24.3 Å². The summed E-state index contributed by atoms with van der Waals surface area (Å²) in [5, 5.41) is 8.62. The monoisotopic (exact) mass is 400 g/mol. The largest absolute Gasteiger partial charge is 0.497 e. The number of ether oxygens (including phenoxy) is 3. The number of carbonyl (C=O) groups is 1. The van der Waals surface area contributed by atoms with Crippen LogP contribution in [0.3, 0.4) is 0 Å². The third kappa shape index (κ3) is 4.83. The molecule has 2 aromatic carbocycles. The standard InChI is InChI=1S/C20H20N2O5S/c1-24-16-9-7-14(8-10-16)19-21-22-20(27-19)28-12-4-11-26-18-15(13-23)5-3-6-17(18)25-2/h3,5-10,13H,4,11-12H2,1-2H3. The zero-order valence-electron chi connectivity index (χ0n) is 15.6. The van der Waals surface area contributed by atoms with Crippen LogP contribution in [0.4, 0.5) is 0 Å². The van der Waals surface area contributed by atoms with Crippen molar-refractivity contribution in [3.8, 4) is 28.7 Å². The Balaban J connectivity index is 1.49. The van der Waals surface area contributed by atoms with Gasteiger partial charge in [0.25, 0.3) is 5.22 Å². The highest BCUT2D eigenvalue weighted by Crippen LogP contribution is 2.30. The minimum absolute atomic E-state index is 0.438. The molecule has 3 aromatic rings. The maximum atomic E-state index is 11.2. The van der Waals surface area contributed by atoms with Crippen molar-refractivity contribution < 1.29 is 23.4 Å². The van der Waals surface area contributed by atoms with Crippen LogP contribution in [-0.4, -0.2) is 43.1 Å². The highest BCUT2D eigenvalue weighted by molar-refractivity contribution is 7.99. The Kier molecular flexibility index (Phi) is 6.91. The number of hydrogen-bond acceptors (Lipinski definition) is 8. The topological polar surface area (TPSA) is 83.7 Å². The van der Waals surface area contributed by atoms with Crippen molar-refractivity contribution in [2.45, 2.75) is 11.6 Å². The third-order valence-corrected chi connectivity index (χ3v) is 4.77. The Bertz CT molecular complexity index is 911. The predicted octanol–water partition coefficient (Wildman–Crippen LogP) is 4.13. The van der Waals surface area contributed by atoms with Crippen molar-refractivity contribution in [1.82, 2.24) is 10.2 Å². The molecule has 28 heavy (non-hydrogen) atoms. The van der Waals surface area contributed by atoms with Gasteiger partial charge in [-0.15, -0.1) is 10.2 Å². The Hall–Kier alpha value is -3.00. The second kappa shape index (κ2) is 9.80. The van der Waals surface area contributed by atoms with Gasteiger partial charge in [0, 0.05) is 11.3 Å². The third-order valence-electron chi connectivity index (χ3n) is 3.86. The number of aromatic nitrogens is 2. The van der Waals surface area contributed by atoms with Crippen LogP contribution in [0.2, 0.25) is 0 Å². The number of thioether (sulfide) groups is 1. The fourth-order valence-corrected chi connectivity index (χ4v) is 3.13. The molecule has 0 atom stereocenters. The highest BCUT2D eigenvalue weighted by atomic mass is 32.2. The lowest BCUT2D eigenvalue weighted by Crippen LogP contribution is -2.03. The smallest absolute Gasteiger partial charge is 0.276 e. The Morgan fingerprint density at radius 3 is 2.61 bits per heavy atom. The van der Waals surface area contributed by atoms with Crippen molar-refractivity contribution in [3.63, 3.8) is 0 Å². The van der Waals surface area contributed by atoms with E-state index in [1.54, 1.807) is 32.4 Å². The zero-order valence-corrected chi connectivity index (χ0v) is 16.4. The molecule has 0 spiro atoms. The van der Waals surface area contributed by atoms with Gasteiger partial charge in [0.05, 0.1) is 26.4 Å². The highest BCUT2D eigenvalue weighted by Gasteiger charge is 2.11. The van der Waals surface area contributed by atoms with E-state index in [0.29, 0.717) is 34.8 Å². The fraction of sp³-hybridized carbons (Fsp3) is 0.250. The lowest BCUT2D eigenvalue weighted by Gasteiger charge is -2.12.